The van der Waals surface area contributed by atoms with Gasteiger partial charge >= 0.3 is 0 Å². The van der Waals surface area contributed by atoms with E-state index in [4.69, 9.17) is 4.74 Å². The Hall–Kier alpha value is -1.87. The summed E-state index contributed by atoms with van der Waals surface area (Å²) in [5.41, 5.74) is 1.75. The van der Waals surface area contributed by atoms with E-state index in [1.54, 1.807) is 6.20 Å². The monoisotopic (exact) mass is 243 g/mol. The highest BCUT2D eigenvalue weighted by atomic mass is 16.5. The number of aryl methyl sites for hydroxylation is 1. The van der Waals surface area contributed by atoms with E-state index in [1.807, 2.05) is 50.2 Å². The van der Waals surface area contributed by atoms with Crippen molar-refractivity contribution in [2.75, 3.05) is 0 Å². The molecule has 0 fully saturated rings. The van der Waals surface area contributed by atoms with E-state index in [2.05, 4.69) is 4.98 Å². The van der Waals surface area contributed by atoms with Gasteiger partial charge in [-0.15, -0.1) is 0 Å². The third-order valence-corrected chi connectivity index (χ3v) is 2.78. The van der Waals surface area contributed by atoms with Crippen molar-refractivity contribution in [1.82, 2.24) is 4.98 Å². The van der Waals surface area contributed by atoms with Crippen molar-refractivity contribution in [1.29, 1.82) is 0 Å². The first-order chi connectivity index (χ1) is 8.70. The summed E-state index contributed by atoms with van der Waals surface area (Å²) in [5, 5.41) is 9.75. The molecule has 2 aromatic rings. The molecule has 2 rings (SSSR count). The number of para-hydroxylation sites is 1. The van der Waals surface area contributed by atoms with Crippen LogP contribution in [-0.2, 0) is 0 Å². The van der Waals surface area contributed by atoms with E-state index in [0.29, 0.717) is 12.3 Å². The van der Waals surface area contributed by atoms with Gasteiger partial charge in [0.2, 0.25) is 5.88 Å². The Morgan fingerprint density at radius 2 is 2.00 bits per heavy atom. The fourth-order valence-electron chi connectivity index (χ4n) is 1.71. The summed E-state index contributed by atoms with van der Waals surface area (Å²) in [7, 11) is 0. The van der Waals surface area contributed by atoms with Gasteiger partial charge < -0.3 is 9.84 Å². The van der Waals surface area contributed by atoms with Crippen LogP contribution in [0.15, 0.2) is 42.6 Å². The Morgan fingerprint density at radius 1 is 1.28 bits per heavy atom. The van der Waals surface area contributed by atoms with Crippen molar-refractivity contribution < 1.29 is 9.84 Å². The van der Waals surface area contributed by atoms with E-state index in [-0.39, 0.29) is 0 Å². The number of pyridine rings is 1. The van der Waals surface area contributed by atoms with Crippen LogP contribution >= 0.6 is 0 Å². The van der Waals surface area contributed by atoms with E-state index in [1.165, 1.54) is 0 Å². The van der Waals surface area contributed by atoms with Gasteiger partial charge in [-0.3, -0.25) is 0 Å². The number of ether oxygens (including phenoxy) is 1. The van der Waals surface area contributed by atoms with Gasteiger partial charge in [-0.25, -0.2) is 4.98 Å². The van der Waals surface area contributed by atoms with Crippen LogP contribution in [0.2, 0.25) is 0 Å². The predicted molar refractivity (Wildman–Crippen MR) is 70.7 cm³/mol. The fourth-order valence-corrected chi connectivity index (χ4v) is 1.71. The Morgan fingerprint density at radius 3 is 2.61 bits per heavy atom. The molecule has 0 aliphatic rings. The number of aromatic nitrogens is 1. The van der Waals surface area contributed by atoms with E-state index >= 15 is 0 Å². The highest BCUT2D eigenvalue weighted by Gasteiger charge is 2.09. The van der Waals surface area contributed by atoms with E-state index in [9.17, 15) is 5.11 Å². The molecule has 0 unspecified atom stereocenters. The van der Waals surface area contributed by atoms with Gasteiger partial charge in [-0.1, -0.05) is 25.1 Å². The largest absolute Gasteiger partial charge is 0.439 e. The van der Waals surface area contributed by atoms with Gasteiger partial charge in [0.05, 0.1) is 6.10 Å². The van der Waals surface area contributed by atoms with Crippen molar-refractivity contribution in [2.24, 2.45) is 0 Å². The number of nitrogens with zero attached hydrogens (tertiary/aromatic N) is 1. The predicted octanol–water partition coefficient (Wildman–Crippen LogP) is 3.63. The normalized spacial score (nSPS) is 12.2. The quantitative estimate of drug-likeness (QED) is 0.891. The highest BCUT2D eigenvalue weighted by Crippen LogP contribution is 2.25. The Balaban J connectivity index is 2.20. The molecule has 0 amide bonds. The number of hydrogen-bond donors (Lipinski definition) is 1. The lowest BCUT2D eigenvalue weighted by Crippen LogP contribution is -1.99. The minimum atomic E-state index is -0.457. The van der Waals surface area contributed by atoms with Gasteiger partial charge in [0.1, 0.15) is 5.75 Å². The SMILES string of the molecule is CC[C@H](O)c1cnc(Oc2ccccc2)c(C)c1. The molecule has 1 atom stereocenters. The summed E-state index contributed by atoms with van der Waals surface area (Å²) in [6.07, 6.45) is 1.89. The zero-order chi connectivity index (χ0) is 13.0. The molecule has 1 N–H and O–H groups in total. The van der Waals surface area contributed by atoms with Crippen molar-refractivity contribution in [3.05, 3.63) is 53.7 Å². The van der Waals surface area contributed by atoms with Gasteiger partial charge in [-0.2, -0.15) is 0 Å². The van der Waals surface area contributed by atoms with Crippen LogP contribution in [0, 0.1) is 6.92 Å². The zero-order valence-corrected chi connectivity index (χ0v) is 10.6. The maximum atomic E-state index is 9.75. The van der Waals surface area contributed by atoms with Gasteiger partial charge in [0.25, 0.3) is 0 Å². The molecule has 3 nitrogen and oxygen atoms in total. The summed E-state index contributed by atoms with van der Waals surface area (Å²) in [4.78, 5) is 4.26. The second kappa shape index (κ2) is 5.65. The van der Waals surface area contributed by atoms with Gasteiger partial charge in [0.15, 0.2) is 0 Å². The lowest BCUT2D eigenvalue weighted by atomic mass is 10.1. The summed E-state index contributed by atoms with van der Waals surface area (Å²) in [5.74, 6) is 1.34. The van der Waals surface area contributed by atoms with E-state index in [0.717, 1.165) is 16.9 Å². The van der Waals surface area contributed by atoms with Crippen LogP contribution in [0.1, 0.15) is 30.6 Å². The number of aliphatic hydroxyl groups is 1. The molecule has 0 spiro atoms. The van der Waals surface area contributed by atoms with Gasteiger partial charge in [-0.05, 0) is 37.1 Å². The topological polar surface area (TPSA) is 42.4 Å². The molecular formula is C15H17NO2. The van der Waals surface area contributed by atoms with Crippen LogP contribution in [0.4, 0.5) is 0 Å². The first-order valence-corrected chi connectivity index (χ1v) is 6.08. The zero-order valence-electron chi connectivity index (χ0n) is 10.6. The lowest BCUT2D eigenvalue weighted by molar-refractivity contribution is 0.173. The lowest BCUT2D eigenvalue weighted by Gasteiger charge is -2.11. The highest BCUT2D eigenvalue weighted by molar-refractivity contribution is 5.34. The third-order valence-electron chi connectivity index (χ3n) is 2.78. The molecule has 0 bridgehead atoms. The number of benzene rings is 1. The summed E-state index contributed by atoms with van der Waals surface area (Å²) >= 11 is 0. The molecule has 94 valence electrons. The van der Waals surface area contributed by atoms with Crippen molar-refractivity contribution in [3.8, 4) is 11.6 Å². The maximum absolute atomic E-state index is 9.75. The molecule has 0 saturated heterocycles. The van der Waals surface area contributed by atoms with Crippen LogP contribution < -0.4 is 4.74 Å². The second-order valence-corrected chi connectivity index (χ2v) is 4.23. The average Bonchev–Trinajstić information content (AvgIpc) is 2.41. The Labute approximate surface area is 107 Å². The van der Waals surface area contributed by atoms with Crippen LogP contribution in [0.25, 0.3) is 0 Å². The van der Waals surface area contributed by atoms with E-state index < -0.39 is 6.10 Å². The number of aliphatic hydroxyl groups excluding tert-OH is 1. The minimum Gasteiger partial charge on any atom is -0.439 e. The maximum Gasteiger partial charge on any atom is 0.222 e. The van der Waals surface area contributed by atoms with Crippen molar-refractivity contribution in [3.63, 3.8) is 0 Å². The Kier molecular flexibility index (Phi) is 3.95. The first kappa shape index (κ1) is 12.6. The molecule has 18 heavy (non-hydrogen) atoms. The van der Waals surface area contributed by atoms with Crippen LogP contribution in [0.5, 0.6) is 11.6 Å². The molecule has 0 aliphatic carbocycles. The van der Waals surface area contributed by atoms with Crippen LogP contribution in [-0.4, -0.2) is 10.1 Å². The van der Waals surface area contributed by atoms with Gasteiger partial charge in [0, 0.05) is 11.8 Å². The molecular weight excluding hydrogens is 226 g/mol. The molecule has 0 aliphatic heterocycles. The summed E-state index contributed by atoms with van der Waals surface area (Å²) in [6.45, 7) is 3.87. The molecule has 1 heterocycles. The standard InChI is InChI=1S/C15H17NO2/c1-3-14(17)12-9-11(2)15(16-10-12)18-13-7-5-4-6-8-13/h4-10,14,17H,3H2,1-2H3/t14-/m0/s1. The average molecular weight is 243 g/mol. The number of hydrogen-bond acceptors (Lipinski definition) is 3. The Bertz CT molecular complexity index is 511. The minimum absolute atomic E-state index is 0.457. The molecule has 0 saturated carbocycles. The second-order valence-electron chi connectivity index (χ2n) is 4.23. The van der Waals surface area contributed by atoms with Crippen molar-refractivity contribution in [2.45, 2.75) is 26.4 Å². The molecule has 1 aromatic heterocycles. The third kappa shape index (κ3) is 2.87. The summed E-state index contributed by atoms with van der Waals surface area (Å²) < 4.78 is 5.68. The van der Waals surface area contributed by atoms with Crippen LogP contribution in [0.3, 0.4) is 0 Å². The molecule has 0 radical (unpaired) electrons. The fraction of sp³-hybridized carbons (Fsp3) is 0.267. The number of rotatable bonds is 4. The molecule has 3 heteroatoms. The first-order valence-electron chi connectivity index (χ1n) is 6.08. The molecule has 1 aromatic carbocycles. The smallest absolute Gasteiger partial charge is 0.222 e. The summed E-state index contributed by atoms with van der Waals surface area (Å²) in [6, 6.07) is 11.5. The van der Waals surface area contributed by atoms with Crippen molar-refractivity contribution >= 4 is 0 Å².